The lowest BCUT2D eigenvalue weighted by Gasteiger charge is -2.19. The van der Waals surface area contributed by atoms with Crippen LogP contribution in [0.3, 0.4) is 0 Å². The van der Waals surface area contributed by atoms with Crippen LogP contribution in [-0.4, -0.2) is 5.11 Å². The number of hydrogen-bond acceptors (Lipinski definition) is 1. The predicted octanol–water partition coefficient (Wildman–Crippen LogP) is 10.1. The summed E-state index contributed by atoms with van der Waals surface area (Å²) in [5, 5.41) is 15.1. The first kappa shape index (κ1) is 22.2. The van der Waals surface area contributed by atoms with Gasteiger partial charge in [-0.3, -0.25) is 0 Å². The number of phenolic OH excluding ortho intramolecular Hbond substituents is 1. The van der Waals surface area contributed by atoms with Crippen molar-refractivity contribution in [3.05, 3.63) is 100.0 Å². The van der Waals surface area contributed by atoms with Crippen molar-refractivity contribution < 1.29 is 18.3 Å². The van der Waals surface area contributed by atoms with Crippen molar-refractivity contribution >= 4 is 70.6 Å². The van der Waals surface area contributed by atoms with E-state index in [1.165, 1.54) is 6.07 Å². The molecular formula is C29H15BrClF3O. The highest BCUT2D eigenvalue weighted by Crippen LogP contribution is 2.49. The smallest absolute Gasteiger partial charge is 0.417 e. The molecule has 6 heteroatoms. The lowest BCUT2D eigenvalue weighted by Crippen LogP contribution is -2.06. The van der Waals surface area contributed by atoms with Gasteiger partial charge in [-0.15, -0.1) is 0 Å². The van der Waals surface area contributed by atoms with Gasteiger partial charge in [-0.1, -0.05) is 88.2 Å². The Kier molecular flexibility index (Phi) is 4.99. The van der Waals surface area contributed by atoms with Gasteiger partial charge in [0.2, 0.25) is 0 Å². The Morgan fingerprint density at radius 2 is 1.43 bits per heavy atom. The highest BCUT2D eigenvalue weighted by Gasteiger charge is 2.34. The maximum atomic E-state index is 14.4. The van der Waals surface area contributed by atoms with Gasteiger partial charge in [-0.25, -0.2) is 0 Å². The first-order valence-corrected chi connectivity index (χ1v) is 12.0. The monoisotopic (exact) mass is 550 g/mol. The van der Waals surface area contributed by atoms with Crippen LogP contribution in [0, 0.1) is 0 Å². The summed E-state index contributed by atoms with van der Waals surface area (Å²) in [6.07, 6.45) is -4.60. The molecule has 6 aromatic rings. The van der Waals surface area contributed by atoms with Gasteiger partial charge >= 0.3 is 6.18 Å². The molecule has 0 spiro atoms. The number of fused-ring (bicyclic) bond motifs is 7. The number of benzene rings is 6. The highest BCUT2D eigenvalue weighted by molar-refractivity contribution is 9.10. The number of rotatable bonds is 1. The van der Waals surface area contributed by atoms with Crippen LogP contribution in [0.1, 0.15) is 5.56 Å². The Balaban J connectivity index is 1.89. The minimum Gasteiger partial charge on any atom is -0.506 e. The van der Waals surface area contributed by atoms with Gasteiger partial charge in [-0.05, 0) is 67.5 Å². The van der Waals surface area contributed by atoms with E-state index in [1.54, 1.807) is 12.1 Å². The molecule has 0 aliphatic heterocycles. The van der Waals surface area contributed by atoms with E-state index in [1.807, 2.05) is 60.7 Å². The van der Waals surface area contributed by atoms with Gasteiger partial charge in [0.15, 0.2) is 0 Å². The minimum absolute atomic E-state index is 0.0928. The largest absolute Gasteiger partial charge is 0.506 e. The van der Waals surface area contributed by atoms with Crippen LogP contribution in [-0.2, 0) is 6.18 Å². The lowest BCUT2D eigenvalue weighted by molar-refractivity contribution is -0.136. The van der Waals surface area contributed by atoms with Crippen molar-refractivity contribution in [1.82, 2.24) is 0 Å². The molecule has 0 aromatic heterocycles. The van der Waals surface area contributed by atoms with Gasteiger partial charge in [0, 0.05) is 15.4 Å². The molecule has 1 N–H and O–H groups in total. The van der Waals surface area contributed by atoms with E-state index in [4.69, 9.17) is 11.6 Å². The first-order chi connectivity index (χ1) is 16.7. The fourth-order valence-corrected chi connectivity index (χ4v) is 5.68. The van der Waals surface area contributed by atoms with Crippen LogP contribution in [0.15, 0.2) is 89.4 Å². The van der Waals surface area contributed by atoms with E-state index in [2.05, 4.69) is 15.9 Å². The standard InChI is InChI=1S/C29H15BrClF3O/c30-18-6-3-5-16(12-18)26-25-17(14-24(35)28(26)31)13-23(29(32,33)34)27-21-9-8-15-4-1-2-7-19(15)20(21)10-11-22(25)27/h1-14,35H. The quantitative estimate of drug-likeness (QED) is 0.202. The van der Waals surface area contributed by atoms with Crippen LogP contribution in [0.25, 0.3) is 54.2 Å². The van der Waals surface area contributed by atoms with Gasteiger partial charge < -0.3 is 5.11 Å². The molecule has 1 nitrogen and oxygen atoms in total. The average Bonchev–Trinajstić information content (AvgIpc) is 2.83. The van der Waals surface area contributed by atoms with E-state index >= 15 is 0 Å². The topological polar surface area (TPSA) is 20.2 Å². The second-order valence-corrected chi connectivity index (χ2v) is 9.78. The molecule has 0 unspecified atom stereocenters. The zero-order valence-corrected chi connectivity index (χ0v) is 20.3. The molecule has 0 saturated heterocycles. The molecular weight excluding hydrogens is 537 g/mol. The van der Waals surface area contributed by atoms with Gasteiger partial charge in [0.05, 0.1) is 10.6 Å². The second kappa shape index (κ2) is 7.87. The summed E-state index contributed by atoms with van der Waals surface area (Å²) >= 11 is 10.1. The van der Waals surface area contributed by atoms with Crippen molar-refractivity contribution in [2.45, 2.75) is 6.18 Å². The highest BCUT2D eigenvalue weighted by atomic mass is 79.9. The number of phenols is 1. The molecule has 0 heterocycles. The van der Waals surface area contributed by atoms with E-state index in [0.29, 0.717) is 27.3 Å². The molecule has 6 aromatic carbocycles. The molecule has 0 saturated carbocycles. The summed E-state index contributed by atoms with van der Waals surface area (Å²) in [7, 11) is 0. The fourth-order valence-electron chi connectivity index (χ4n) is 5.02. The summed E-state index contributed by atoms with van der Waals surface area (Å²) < 4.78 is 44.1. The molecule has 0 atom stereocenters. The van der Waals surface area contributed by atoms with E-state index < -0.39 is 11.7 Å². The maximum Gasteiger partial charge on any atom is 0.417 e. The summed E-state index contributed by atoms with van der Waals surface area (Å²) in [6, 6.07) is 24.6. The number of alkyl halides is 3. The van der Waals surface area contributed by atoms with Crippen molar-refractivity contribution in [3.63, 3.8) is 0 Å². The molecule has 0 bridgehead atoms. The molecule has 0 amide bonds. The minimum atomic E-state index is -4.60. The second-order valence-electron chi connectivity index (χ2n) is 8.48. The first-order valence-electron chi connectivity index (χ1n) is 10.8. The van der Waals surface area contributed by atoms with Crippen LogP contribution >= 0.6 is 27.5 Å². The maximum absolute atomic E-state index is 14.4. The molecule has 0 aliphatic rings. The number of halogens is 5. The summed E-state index contributed by atoms with van der Waals surface area (Å²) in [5.41, 5.74) is 0.426. The van der Waals surface area contributed by atoms with Gasteiger partial charge in [0.25, 0.3) is 0 Å². The lowest BCUT2D eigenvalue weighted by atomic mass is 9.87. The SMILES string of the molecule is Oc1cc2cc(C(F)(F)F)c3c4ccc5ccccc5c4ccc3c2c(-c2cccc(Br)c2)c1Cl. The zero-order chi connectivity index (χ0) is 24.5. The summed E-state index contributed by atoms with van der Waals surface area (Å²) in [6.45, 7) is 0. The van der Waals surface area contributed by atoms with Gasteiger partial charge in [-0.2, -0.15) is 13.2 Å². The molecule has 0 radical (unpaired) electrons. The normalized spacial score (nSPS) is 12.3. The van der Waals surface area contributed by atoms with Crippen molar-refractivity contribution in [2.75, 3.05) is 0 Å². The summed E-state index contributed by atoms with van der Waals surface area (Å²) in [5.74, 6) is -0.270. The number of aromatic hydroxyl groups is 1. The van der Waals surface area contributed by atoms with E-state index in [9.17, 15) is 18.3 Å². The third-order valence-electron chi connectivity index (χ3n) is 6.46. The van der Waals surface area contributed by atoms with Crippen molar-refractivity contribution in [1.29, 1.82) is 0 Å². The number of hydrogen-bond donors (Lipinski definition) is 1. The fraction of sp³-hybridized carbons (Fsp3) is 0.0345. The van der Waals surface area contributed by atoms with Crippen molar-refractivity contribution in [2.24, 2.45) is 0 Å². The van der Waals surface area contributed by atoms with Crippen LogP contribution in [0.4, 0.5) is 13.2 Å². The molecule has 35 heavy (non-hydrogen) atoms. The Morgan fingerprint density at radius 3 is 2.20 bits per heavy atom. The Hall–Kier alpha value is -3.28. The van der Waals surface area contributed by atoms with Crippen molar-refractivity contribution in [3.8, 4) is 16.9 Å². The average molecular weight is 552 g/mol. The van der Waals surface area contributed by atoms with Gasteiger partial charge in [0.1, 0.15) is 5.75 Å². The van der Waals surface area contributed by atoms with Crippen LogP contribution in [0.2, 0.25) is 5.02 Å². The Bertz CT molecular complexity index is 1830. The summed E-state index contributed by atoms with van der Waals surface area (Å²) in [4.78, 5) is 0. The Morgan fingerprint density at radius 1 is 0.686 bits per heavy atom. The molecule has 0 aliphatic carbocycles. The van der Waals surface area contributed by atoms with E-state index in [-0.39, 0.29) is 21.5 Å². The van der Waals surface area contributed by atoms with Crippen LogP contribution < -0.4 is 0 Å². The zero-order valence-electron chi connectivity index (χ0n) is 17.9. The van der Waals surface area contributed by atoms with Crippen LogP contribution in [0.5, 0.6) is 5.75 Å². The predicted molar refractivity (Wildman–Crippen MR) is 141 cm³/mol. The molecule has 6 rings (SSSR count). The Labute approximate surface area is 211 Å². The third-order valence-corrected chi connectivity index (χ3v) is 7.33. The molecule has 0 fully saturated rings. The molecule has 172 valence electrons. The third kappa shape index (κ3) is 3.45. The van der Waals surface area contributed by atoms with E-state index in [0.717, 1.165) is 26.7 Å².